The van der Waals surface area contributed by atoms with Crippen molar-refractivity contribution in [2.24, 2.45) is 0 Å². The molecule has 1 aliphatic carbocycles. The smallest absolute Gasteiger partial charge is 0.390 e. The summed E-state index contributed by atoms with van der Waals surface area (Å²) in [5.74, 6) is 0. The Labute approximate surface area is 91.9 Å². The highest BCUT2D eigenvalue weighted by atomic mass is 19.4. The van der Waals surface area contributed by atoms with Crippen molar-refractivity contribution in [1.82, 2.24) is 0 Å². The fraction of sp³-hybridized carbons (Fsp3) is 0.500. The van der Waals surface area contributed by atoms with E-state index < -0.39 is 18.2 Å². The quantitative estimate of drug-likeness (QED) is 0.846. The minimum atomic E-state index is -4.19. The van der Waals surface area contributed by atoms with E-state index in [1.807, 2.05) is 0 Å². The minimum absolute atomic E-state index is 0.273. The number of halogens is 3. The highest BCUT2D eigenvalue weighted by molar-refractivity contribution is 5.30. The first-order valence-electron chi connectivity index (χ1n) is 5.24. The van der Waals surface area contributed by atoms with Gasteiger partial charge in [0.1, 0.15) is 0 Å². The van der Waals surface area contributed by atoms with E-state index >= 15 is 0 Å². The third kappa shape index (κ3) is 2.98. The first kappa shape index (κ1) is 11.5. The van der Waals surface area contributed by atoms with E-state index in [4.69, 9.17) is 0 Å². The van der Waals surface area contributed by atoms with E-state index in [0.717, 1.165) is 0 Å². The summed E-state index contributed by atoms with van der Waals surface area (Å²) in [6, 6.07) is 6.45. The van der Waals surface area contributed by atoms with Gasteiger partial charge >= 0.3 is 6.18 Å². The average molecular weight is 230 g/mol. The van der Waals surface area contributed by atoms with Gasteiger partial charge in [-0.2, -0.15) is 13.2 Å². The maximum Gasteiger partial charge on any atom is 0.393 e. The lowest BCUT2D eigenvalue weighted by Gasteiger charge is -2.14. The molecular formula is C12H13F3O. The molecule has 0 bridgehead atoms. The zero-order valence-electron chi connectivity index (χ0n) is 8.72. The fourth-order valence-electron chi connectivity index (χ4n) is 1.79. The van der Waals surface area contributed by atoms with Crippen LogP contribution in [-0.2, 0) is 12.8 Å². The molecule has 0 unspecified atom stereocenters. The maximum atomic E-state index is 12.3. The number of hydrogen-bond acceptors (Lipinski definition) is 1. The summed E-state index contributed by atoms with van der Waals surface area (Å²) < 4.78 is 36.9. The molecule has 0 heterocycles. The summed E-state index contributed by atoms with van der Waals surface area (Å²) in [6.45, 7) is 0. The molecule has 0 spiro atoms. The van der Waals surface area contributed by atoms with Crippen LogP contribution in [0.15, 0.2) is 24.3 Å². The van der Waals surface area contributed by atoms with Crippen molar-refractivity contribution in [3.8, 4) is 0 Å². The second-order valence-electron chi connectivity index (χ2n) is 4.46. The Morgan fingerprint density at radius 2 is 1.69 bits per heavy atom. The zero-order chi connectivity index (χ0) is 11.8. The van der Waals surface area contributed by atoms with Gasteiger partial charge in [0, 0.05) is 6.42 Å². The van der Waals surface area contributed by atoms with Gasteiger partial charge in [-0.15, -0.1) is 0 Å². The van der Waals surface area contributed by atoms with Crippen molar-refractivity contribution in [1.29, 1.82) is 0 Å². The molecule has 1 fully saturated rings. The van der Waals surface area contributed by atoms with Gasteiger partial charge in [-0.25, -0.2) is 0 Å². The summed E-state index contributed by atoms with van der Waals surface area (Å²) >= 11 is 0. The van der Waals surface area contributed by atoms with Gasteiger partial charge in [0.25, 0.3) is 0 Å². The summed E-state index contributed by atoms with van der Waals surface area (Å²) in [4.78, 5) is 0. The molecule has 0 atom stereocenters. The van der Waals surface area contributed by atoms with Crippen LogP contribution in [0.2, 0.25) is 0 Å². The van der Waals surface area contributed by atoms with Gasteiger partial charge in [-0.1, -0.05) is 24.3 Å². The van der Waals surface area contributed by atoms with Crippen LogP contribution in [0.5, 0.6) is 0 Å². The van der Waals surface area contributed by atoms with E-state index in [1.54, 1.807) is 18.2 Å². The molecule has 1 aromatic rings. The predicted molar refractivity (Wildman–Crippen MR) is 54.1 cm³/mol. The maximum absolute atomic E-state index is 12.3. The van der Waals surface area contributed by atoms with Crippen molar-refractivity contribution in [3.05, 3.63) is 35.4 Å². The summed E-state index contributed by atoms with van der Waals surface area (Å²) in [7, 11) is 0. The largest absolute Gasteiger partial charge is 0.393 e. The second-order valence-corrected chi connectivity index (χ2v) is 4.46. The van der Waals surface area contributed by atoms with Crippen molar-refractivity contribution >= 4 is 0 Å². The van der Waals surface area contributed by atoms with E-state index in [1.165, 1.54) is 6.07 Å². The Kier molecular flexibility index (Phi) is 2.70. The third-order valence-electron chi connectivity index (χ3n) is 2.86. The molecule has 0 saturated heterocycles. The molecule has 0 amide bonds. The van der Waals surface area contributed by atoms with Gasteiger partial charge < -0.3 is 5.11 Å². The molecule has 2 rings (SSSR count). The molecular weight excluding hydrogens is 217 g/mol. The van der Waals surface area contributed by atoms with Crippen molar-refractivity contribution in [2.45, 2.75) is 37.5 Å². The highest BCUT2D eigenvalue weighted by Gasteiger charge is 2.41. The molecule has 1 aromatic carbocycles. The van der Waals surface area contributed by atoms with Gasteiger partial charge in [-0.05, 0) is 24.0 Å². The van der Waals surface area contributed by atoms with Crippen molar-refractivity contribution in [2.75, 3.05) is 0 Å². The average Bonchev–Trinajstić information content (AvgIpc) is 2.85. The molecule has 4 heteroatoms. The number of alkyl halides is 3. The normalized spacial score (nSPS) is 18.5. The number of benzene rings is 1. The molecule has 1 saturated carbocycles. The molecule has 88 valence electrons. The van der Waals surface area contributed by atoms with Crippen LogP contribution in [0.25, 0.3) is 0 Å². The molecule has 0 aromatic heterocycles. The lowest BCUT2D eigenvalue weighted by atomic mass is 9.98. The lowest BCUT2D eigenvalue weighted by molar-refractivity contribution is -0.127. The molecule has 0 radical (unpaired) electrons. The van der Waals surface area contributed by atoms with E-state index in [2.05, 4.69) is 0 Å². The van der Waals surface area contributed by atoms with Gasteiger partial charge in [0.2, 0.25) is 0 Å². The topological polar surface area (TPSA) is 20.2 Å². The molecule has 16 heavy (non-hydrogen) atoms. The summed E-state index contributed by atoms with van der Waals surface area (Å²) in [6.07, 6.45) is -3.40. The minimum Gasteiger partial charge on any atom is -0.390 e. The molecule has 0 aliphatic heterocycles. The van der Waals surface area contributed by atoms with E-state index in [9.17, 15) is 18.3 Å². The summed E-state index contributed by atoms with van der Waals surface area (Å²) in [5.41, 5.74) is 0.136. The van der Waals surface area contributed by atoms with Crippen LogP contribution in [-0.4, -0.2) is 16.9 Å². The fourth-order valence-corrected chi connectivity index (χ4v) is 1.79. The molecule has 1 N–H and O–H groups in total. The number of aliphatic hydroxyl groups is 1. The van der Waals surface area contributed by atoms with E-state index in [-0.39, 0.29) is 5.56 Å². The Balaban J connectivity index is 2.17. The van der Waals surface area contributed by atoms with E-state index in [0.29, 0.717) is 24.8 Å². The standard InChI is InChI=1S/C12H13F3O/c13-12(14,15)8-10-4-2-1-3-9(10)7-11(16)5-6-11/h1-4,16H,5-8H2. The van der Waals surface area contributed by atoms with Crippen molar-refractivity contribution < 1.29 is 18.3 Å². The summed E-state index contributed by atoms with van der Waals surface area (Å²) in [5, 5.41) is 9.72. The van der Waals surface area contributed by atoms with Crippen LogP contribution in [0.3, 0.4) is 0 Å². The Morgan fingerprint density at radius 3 is 2.19 bits per heavy atom. The first-order valence-corrected chi connectivity index (χ1v) is 5.24. The van der Waals surface area contributed by atoms with Gasteiger partial charge in [0.05, 0.1) is 12.0 Å². The van der Waals surface area contributed by atoms with Crippen LogP contribution in [0.1, 0.15) is 24.0 Å². The predicted octanol–water partition coefficient (Wildman–Crippen LogP) is 2.86. The SMILES string of the molecule is OC1(Cc2ccccc2CC(F)(F)F)CC1. The Hall–Kier alpha value is -1.03. The first-order chi connectivity index (χ1) is 7.38. The third-order valence-corrected chi connectivity index (χ3v) is 2.86. The van der Waals surface area contributed by atoms with Gasteiger partial charge in [-0.3, -0.25) is 0 Å². The van der Waals surface area contributed by atoms with Crippen LogP contribution < -0.4 is 0 Å². The molecule has 1 nitrogen and oxygen atoms in total. The van der Waals surface area contributed by atoms with Crippen molar-refractivity contribution in [3.63, 3.8) is 0 Å². The van der Waals surface area contributed by atoms with Crippen LogP contribution in [0.4, 0.5) is 13.2 Å². The van der Waals surface area contributed by atoms with Gasteiger partial charge in [0.15, 0.2) is 0 Å². The Bertz CT molecular complexity index is 354. The number of rotatable bonds is 3. The molecule has 1 aliphatic rings. The zero-order valence-corrected chi connectivity index (χ0v) is 8.72. The number of hydrogen-bond donors (Lipinski definition) is 1. The second kappa shape index (κ2) is 3.77. The van der Waals surface area contributed by atoms with Crippen LogP contribution in [0, 0.1) is 0 Å². The monoisotopic (exact) mass is 230 g/mol. The highest BCUT2D eigenvalue weighted by Crippen LogP contribution is 2.39. The van der Waals surface area contributed by atoms with Crippen LogP contribution >= 0.6 is 0 Å². The lowest BCUT2D eigenvalue weighted by Crippen LogP contribution is -2.17. The Morgan fingerprint density at radius 1 is 1.12 bits per heavy atom.